The van der Waals surface area contributed by atoms with Crippen molar-refractivity contribution in [3.63, 3.8) is 0 Å². The Labute approximate surface area is 142 Å². The van der Waals surface area contributed by atoms with Crippen molar-refractivity contribution in [2.75, 3.05) is 5.32 Å². The lowest BCUT2D eigenvalue weighted by atomic mass is 10.2. The fourth-order valence-corrected chi connectivity index (χ4v) is 2.11. The van der Waals surface area contributed by atoms with Gasteiger partial charge in [0.15, 0.2) is 11.5 Å². The maximum Gasteiger partial charge on any atom is 0.272 e. The quantitative estimate of drug-likeness (QED) is 0.747. The first-order valence-corrected chi connectivity index (χ1v) is 7.50. The highest BCUT2D eigenvalue weighted by Gasteiger charge is 2.09. The van der Waals surface area contributed by atoms with Crippen molar-refractivity contribution in [1.82, 2.24) is 15.5 Å². The van der Waals surface area contributed by atoms with Crippen molar-refractivity contribution in [3.8, 4) is 0 Å². The monoisotopic (exact) mass is 340 g/mol. The molecule has 2 N–H and O–H groups in total. The summed E-state index contributed by atoms with van der Waals surface area (Å²) in [5.74, 6) is -0.757. The minimum absolute atomic E-state index is 0.0583. The number of aromatic nitrogens is 2. The number of nitrogens with one attached hydrogen (secondary N) is 2. The second-order valence-electron chi connectivity index (χ2n) is 5.21. The Bertz CT molecular complexity index is 867. The molecule has 7 heteroatoms. The second-order valence-corrected chi connectivity index (χ2v) is 5.21. The van der Waals surface area contributed by atoms with Gasteiger partial charge in [0.2, 0.25) is 0 Å². The molecule has 0 bridgehead atoms. The molecule has 126 valence electrons. The highest BCUT2D eigenvalue weighted by atomic mass is 19.1. The van der Waals surface area contributed by atoms with E-state index in [1.54, 1.807) is 36.4 Å². The summed E-state index contributed by atoms with van der Waals surface area (Å²) < 4.78 is 26.4. The zero-order valence-electron chi connectivity index (χ0n) is 13.0. The van der Waals surface area contributed by atoms with Gasteiger partial charge in [-0.15, -0.1) is 10.2 Å². The van der Waals surface area contributed by atoms with Gasteiger partial charge >= 0.3 is 0 Å². The molecule has 5 nitrogen and oxygen atoms in total. The maximum absolute atomic E-state index is 13.5. The largest absolute Gasteiger partial charge is 0.346 e. The van der Waals surface area contributed by atoms with Gasteiger partial charge in [0.1, 0.15) is 11.6 Å². The van der Waals surface area contributed by atoms with Crippen molar-refractivity contribution >= 4 is 17.4 Å². The molecular weight excluding hydrogens is 326 g/mol. The molecule has 0 aliphatic heterocycles. The highest BCUT2D eigenvalue weighted by Crippen LogP contribution is 2.14. The van der Waals surface area contributed by atoms with Crippen molar-refractivity contribution in [2.24, 2.45) is 0 Å². The Hall–Kier alpha value is -3.35. The molecule has 0 aliphatic carbocycles. The first-order valence-electron chi connectivity index (χ1n) is 7.50. The van der Waals surface area contributed by atoms with Crippen LogP contribution in [-0.4, -0.2) is 16.1 Å². The summed E-state index contributed by atoms with van der Waals surface area (Å²) in [5, 5.41) is 13.3. The van der Waals surface area contributed by atoms with Gasteiger partial charge in [-0.05, 0) is 42.5 Å². The molecule has 3 aromatic rings. The summed E-state index contributed by atoms with van der Waals surface area (Å²) in [4.78, 5) is 12.0. The van der Waals surface area contributed by atoms with Gasteiger partial charge in [-0.25, -0.2) is 8.78 Å². The number of carbonyl (C=O) groups excluding carboxylic acids is 1. The van der Waals surface area contributed by atoms with E-state index >= 15 is 0 Å². The van der Waals surface area contributed by atoms with E-state index < -0.39 is 5.91 Å². The highest BCUT2D eigenvalue weighted by molar-refractivity contribution is 5.92. The van der Waals surface area contributed by atoms with Gasteiger partial charge in [-0.2, -0.15) is 0 Å². The molecule has 0 saturated heterocycles. The van der Waals surface area contributed by atoms with E-state index in [0.29, 0.717) is 17.1 Å². The van der Waals surface area contributed by atoms with Gasteiger partial charge in [-0.3, -0.25) is 4.79 Å². The number of hydrogen-bond acceptors (Lipinski definition) is 4. The van der Waals surface area contributed by atoms with Crippen LogP contribution in [0.1, 0.15) is 16.1 Å². The molecule has 0 radical (unpaired) electrons. The first-order chi connectivity index (χ1) is 12.1. The molecule has 0 saturated carbocycles. The van der Waals surface area contributed by atoms with Crippen LogP contribution in [-0.2, 0) is 6.54 Å². The summed E-state index contributed by atoms with van der Waals surface area (Å²) in [6.45, 7) is 0.0583. The number of benzene rings is 2. The normalized spacial score (nSPS) is 10.3. The number of anilines is 2. The van der Waals surface area contributed by atoms with E-state index in [2.05, 4.69) is 20.8 Å². The Morgan fingerprint density at radius 3 is 2.36 bits per heavy atom. The first kappa shape index (κ1) is 16.5. The van der Waals surface area contributed by atoms with Gasteiger partial charge < -0.3 is 10.6 Å². The van der Waals surface area contributed by atoms with Crippen molar-refractivity contribution < 1.29 is 13.6 Å². The molecule has 0 aliphatic rings. The summed E-state index contributed by atoms with van der Waals surface area (Å²) in [6.07, 6.45) is 0. The minimum Gasteiger partial charge on any atom is -0.346 e. The van der Waals surface area contributed by atoms with Crippen LogP contribution >= 0.6 is 0 Å². The fourth-order valence-electron chi connectivity index (χ4n) is 2.11. The van der Waals surface area contributed by atoms with Crippen LogP contribution in [0.15, 0.2) is 60.7 Å². The number of halogens is 2. The summed E-state index contributed by atoms with van der Waals surface area (Å²) in [6, 6.07) is 15.0. The fraction of sp³-hybridized carbons (Fsp3) is 0.0556. The van der Waals surface area contributed by atoms with Crippen LogP contribution < -0.4 is 10.6 Å². The van der Waals surface area contributed by atoms with Crippen molar-refractivity contribution in [1.29, 1.82) is 0 Å². The molecule has 1 heterocycles. The topological polar surface area (TPSA) is 66.9 Å². The van der Waals surface area contributed by atoms with Crippen LogP contribution in [0, 0.1) is 11.6 Å². The Morgan fingerprint density at radius 1 is 0.920 bits per heavy atom. The van der Waals surface area contributed by atoms with Crippen molar-refractivity contribution in [2.45, 2.75) is 6.54 Å². The standard InChI is InChI=1S/C18H14F2N4O/c19-13-5-7-14(8-6-13)22-17-10-9-16(23-24-17)18(25)21-11-12-3-1-2-4-15(12)20/h1-10H,11H2,(H,21,25)(H,22,24). The third-order valence-corrected chi connectivity index (χ3v) is 3.41. The zero-order chi connectivity index (χ0) is 17.6. The van der Waals surface area contributed by atoms with E-state index in [-0.39, 0.29) is 23.9 Å². The maximum atomic E-state index is 13.5. The lowest BCUT2D eigenvalue weighted by molar-refractivity contribution is 0.0944. The molecule has 2 aromatic carbocycles. The number of carbonyl (C=O) groups is 1. The van der Waals surface area contributed by atoms with Gasteiger partial charge in [0, 0.05) is 17.8 Å². The lowest BCUT2D eigenvalue weighted by Crippen LogP contribution is -2.24. The average molecular weight is 340 g/mol. The molecule has 1 amide bonds. The Kier molecular flexibility index (Phi) is 4.94. The molecule has 0 fully saturated rings. The average Bonchev–Trinajstić information content (AvgIpc) is 2.63. The molecule has 1 aromatic heterocycles. The van der Waals surface area contributed by atoms with Crippen molar-refractivity contribution in [3.05, 3.63) is 83.6 Å². The SMILES string of the molecule is O=C(NCc1ccccc1F)c1ccc(Nc2ccc(F)cc2)nn1. The number of hydrogen-bond donors (Lipinski definition) is 2. The van der Waals surface area contributed by atoms with E-state index in [1.807, 2.05) is 0 Å². The third kappa shape index (κ3) is 4.35. The summed E-state index contributed by atoms with van der Waals surface area (Å²) in [7, 11) is 0. The molecule has 0 atom stereocenters. The van der Waals surface area contributed by atoms with Crippen LogP contribution in [0.2, 0.25) is 0 Å². The predicted octanol–water partition coefficient (Wildman–Crippen LogP) is 3.43. The molecule has 0 unspecified atom stereocenters. The van der Waals surface area contributed by atoms with Gasteiger partial charge in [-0.1, -0.05) is 18.2 Å². The summed E-state index contributed by atoms with van der Waals surface area (Å²) in [5.41, 5.74) is 1.15. The summed E-state index contributed by atoms with van der Waals surface area (Å²) >= 11 is 0. The smallest absolute Gasteiger partial charge is 0.272 e. The van der Waals surface area contributed by atoms with E-state index in [1.165, 1.54) is 24.3 Å². The molecule has 0 spiro atoms. The number of rotatable bonds is 5. The van der Waals surface area contributed by atoms with E-state index in [0.717, 1.165) is 0 Å². The zero-order valence-corrected chi connectivity index (χ0v) is 13.0. The van der Waals surface area contributed by atoms with Gasteiger partial charge in [0.25, 0.3) is 5.91 Å². The van der Waals surface area contributed by atoms with Crippen LogP contribution in [0.4, 0.5) is 20.3 Å². The van der Waals surface area contributed by atoms with E-state index in [9.17, 15) is 13.6 Å². The molecule has 25 heavy (non-hydrogen) atoms. The lowest BCUT2D eigenvalue weighted by Gasteiger charge is -2.07. The number of nitrogens with zero attached hydrogens (tertiary/aromatic N) is 2. The third-order valence-electron chi connectivity index (χ3n) is 3.41. The predicted molar refractivity (Wildman–Crippen MR) is 89.3 cm³/mol. The van der Waals surface area contributed by atoms with E-state index in [4.69, 9.17) is 0 Å². The van der Waals surface area contributed by atoms with Crippen LogP contribution in [0.5, 0.6) is 0 Å². The molecular formula is C18H14F2N4O. The molecule has 3 rings (SSSR count). The van der Waals surface area contributed by atoms with Crippen LogP contribution in [0.3, 0.4) is 0 Å². The second kappa shape index (κ2) is 7.48. The van der Waals surface area contributed by atoms with Crippen LogP contribution in [0.25, 0.3) is 0 Å². The Morgan fingerprint density at radius 2 is 1.68 bits per heavy atom. The Balaban J connectivity index is 1.60. The van der Waals surface area contributed by atoms with Gasteiger partial charge in [0.05, 0.1) is 0 Å². The number of amides is 1. The minimum atomic E-state index is -0.455.